The number of hydrogen-bond acceptors (Lipinski definition) is 6. The molecular weight excluding hydrogens is 308 g/mol. The summed E-state index contributed by atoms with van der Waals surface area (Å²) < 4.78 is 5.13. The van der Waals surface area contributed by atoms with Crippen LogP contribution in [0.3, 0.4) is 0 Å². The number of carbonyl (C=O) groups is 1. The van der Waals surface area contributed by atoms with Gasteiger partial charge in [0, 0.05) is 37.6 Å². The zero-order valence-electron chi connectivity index (χ0n) is 13.4. The molecule has 3 rings (SSSR count). The van der Waals surface area contributed by atoms with Crippen molar-refractivity contribution in [3.8, 4) is 5.75 Å². The standard InChI is InChI=1S/C17H20N4O3/c1-24-15-6-7-16(18-12-15)21-10-8-20(9-11-21)14-4-2-13(3-5-14)19-17(22)23/h2-7,12,19H,8-11H2,1H3,(H,22,23)/p-1. The van der Waals surface area contributed by atoms with E-state index in [0.29, 0.717) is 5.69 Å². The van der Waals surface area contributed by atoms with Crippen molar-refractivity contribution in [3.63, 3.8) is 0 Å². The minimum absolute atomic E-state index is 0.514. The molecule has 1 aromatic heterocycles. The van der Waals surface area contributed by atoms with E-state index in [2.05, 4.69) is 20.1 Å². The van der Waals surface area contributed by atoms with Crippen molar-refractivity contribution in [1.82, 2.24) is 4.98 Å². The molecule has 0 aliphatic carbocycles. The topological polar surface area (TPSA) is 80.8 Å². The molecule has 1 fully saturated rings. The lowest BCUT2D eigenvalue weighted by atomic mass is 10.2. The molecule has 24 heavy (non-hydrogen) atoms. The summed E-state index contributed by atoms with van der Waals surface area (Å²) in [6, 6.07) is 11.2. The van der Waals surface area contributed by atoms with Gasteiger partial charge in [-0.3, -0.25) is 0 Å². The Bertz CT molecular complexity index is 680. The number of anilines is 3. The molecule has 126 valence electrons. The SMILES string of the molecule is COc1ccc(N2CCN(c3ccc(NC(=O)[O-])cc3)CC2)nc1. The van der Waals surface area contributed by atoms with Gasteiger partial charge in [-0.2, -0.15) is 0 Å². The average Bonchev–Trinajstić information content (AvgIpc) is 2.62. The number of rotatable bonds is 4. The van der Waals surface area contributed by atoms with Gasteiger partial charge in [0.2, 0.25) is 0 Å². The highest BCUT2D eigenvalue weighted by atomic mass is 16.5. The highest BCUT2D eigenvalue weighted by Gasteiger charge is 2.18. The van der Waals surface area contributed by atoms with Crippen LogP contribution in [-0.2, 0) is 0 Å². The lowest BCUT2D eigenvalue weighted by molar-refractivity contribution is -0.242. The Kier molecular flexibility index (Phi) is 4.69. The van der Waals surface area contributed by atoms with Crippen LogP contribution in [0.4, 0.5) is 22.0 Å². The number of hydrogen-bond donors (Lipinski definition) is 1. The van der Waals surface area contributed by atoms with Crippen LogP contribution in [0.2, 0.25) is 0 Å². The van der Waals surface area contributed by atoms with Gasteiger partial charge in [-0.1, -0.05) is 0 Å². The molecule has 7 nitrogen and oxygen atoms in total. The van der Waals surface area contributed by atoms with Crippen molar-refractivity contribution in [2.24, 2.45) is 0 Å². The third kappa shape index (κ3) is 3.68. The average molecular weight is 327 g/mol. The fourth-order valence-corrected chi connectivity index (χ4v) is 2.75. The minimum Gasteiger partial charge on any atom is -0.530 e. The van der Waals surface area contributed by atoms with E-state index in [1.54, 1.807) is 25.4 Å². The molecule has 1 aliphatic heterocycles. The van der Waals surface area contributed by atoms with Gasteiger partial charge in [-0.05, 0) is 36.4 Å². The first-order valence-electron chi connectivity index (χ1n) is 7.74. The molecule has 1 N–H and O–H groups in total. The van der Waals surface area contributed by atoms with E-state index in [-0.39, 0.29) is 0 Å². The summed E-state index contributed by atoms with van der Waals surface area (Å²) in [7, 11) is 1.63. The van der Waals surface area contributed by atoms with E-state index in [4.69, 9.17) is 4.74 Å². The summed E-state index contributed by atoms with van der Waals surface area (Å²) in [5, 5.41) is 12.7. The Morgan fingerprint density at radius 3 is 2.29 bits per heavy atom. The number of methoxy groups -OCH3 is 1. The smallest absolute Gasteiger partial charge is 0.138 e. The second kappa shape index (κ2) is 7.08. The van der Waals surface area contributed by atoms with Gasteiger partial charge < -0.3 is 29.8 Å². The summed E-state index contributed by atoms with van der Waals surface area (Å²) in [6.07, 6.45) is 0.424. The largest absolute Gasteiger partial charge is 0.530 e. The Labute approximate surface area is 140 Å². The second-order valence-corrected chi connectivity index (χ2v) is 5.49. The van der Waals surface area contributed by atoms with E-state index >= 15 is 0 Å². The molecule has 2 aromatic rings. The molecule has 2 heterocycles. The fraction of sp³-hybridized carbons (Fsp3) is 0.294. The summed E-state index contributed by atoms with van der Waals surface area (Å²) >= 11 is 0. The number of aromatic nitrogens is 1. The minimum atomic E-state index is -1.30. The normalized spacial score (nSPS) is 14.4. The van der Waals surface area contributed by atoms with Crippen LogP contribution >= 0.6 is 0 Å². The van der Waals surface area contributed by atoms with Crippen LogP contribution in [0.1, 0.15) is 0 Å². The molecule has 1 saturated heterocycles. The number of nitrogens with zero attached hydrogens (tertiary/aromatic N) is 3. The maximum atomic E-state index is 10.5. The lowest BCUT2D eigenvalue weighted by Gasteiger charge is -2.36. The first-order valence-corrected chi connectivity index (χ1v) is 7.74. The van der Waals surface area contributed by atoms with Crippen LogP contribution in [0, 0.1) is 0 Å². The third-order valence-corrected chi connectivity index (χ3v) is 4.04. The number of carboxylic acid groups (broad SMARTS) is 1. The van der Waals surface area contributed by atoms with Gasteiger partial charge in [0.05, 0.1) is 13.3 Å². The van der Waals surface area contributed by atoms with Crippen LogP contribution in [0.15, 0.2) is 42.6 Å². The van der Waals surface area contributed by atoms with E-state index in [0.717, 1.165) is 43.4 Å². The molecule has 0 spiro atoms. The Morgan fingerprint density at radius 2 is 1.75 bits per heavy atom. The molecular formula is C17H19N4O3-. The van der Waals surface area contributed by atoms with Crippen LogP contribution in [0.5, 0.6) is 5.75 Å². The monoisotopic (exact) mass is 327 g/mol. The van der Waals surface area contributed by atoms with E-state index < -0.39 is 6.09 Å². The number of benzene rings is 1. The Balaban J connectivity index is 1.58. The number of nitrogens with one attached hydrogen (secondary N) is 1. The van der Waals surface area contributed by atoms with Crippen molar-refractivity contribution < 1.29 is 14.6 Å². The first-order chi connectivity index (χ1) is 11.7. The molecule has 1 aliphatic rings. The van der Waals surface area contributed by atoms with Crippen LogP contribution < -0.4 is 25.0 Å². The summed E-state index contributed by atoms with van der Waals surface area (Å²) in [5.74, 6) is 1.70. The van der Waals surface area contributed by atoms with E-state index in [1.807, 2.05) is 24.3 Å². The Hall–Kier alpha value is -2.96. The number of amides is 1. The summed E-state index contributed by atoms with van der Waals surface area (Å²) in [6.45, 7) is 3.50. The number of piperazine rings is 1. The molecule has 7 heteroatoms. The quantitative estimate of drug-likeness (QED) is 0.908. The van der Waals surface area contributed by atoms with Crippen molar-refractivity contribution in [3.05, 3.63) is 42.6 Å². The van der Waals surface area contributed by atoms with Crippen molar-refractivity contribution >= 4 is 23.3 Å². The van der Waals surface area contributed by atoms with E-state index in [1.165, 1.54) is 0 Å². The number of ether oxygens (including phenoxy) is 1. The van der Waals surface area contributed by atoms with E-state index in [9.17, 15) is 9.90 Å². The van der Waals surface area contributed by atoms with Gasteiger partial charge in [0.1, 0.15) is 17.7 Å². The highest BCUT2D eigenvalue weighted by molar-refractivity contribution is 5.81. The fourth-order valence-electron chi connectivity index (χ4n) is 2.75. The highest BCUT2D eigenvalue weighted by Crippen LogP contribution is 2.22. The van der Waals surface area contributed by atoms with Crippen molar-refractivity contribution in [2.75, 3.05) is 48.4 Å². The molecule has 0 radical (unpaired) electrons. The van der Waals surface area contributed by atoms with Gasteiger partial charge in [-0.15, -0.1) is 0 Å². The predicted molar refractivity (Wildman–Crippen MR) is 90.7 cm³/mol. The summed E-state index contributed by atoms with van der Waals surface area (Å²) in [5.41, 5.74) is 1.58. The maximum absolute atomic E-state index is 10.5. The third-order valence-electron chi connectivity index (χ3n) is 4.04. The maximum Gasteiger partial charge on any atom is 0.138 e. The van der Waals surface area contributed by atoms with Crippen molar-refractivity contribution in [1.29, 1.82) is 0 Å². The van der Waals surface area contributed by atoms with Gasteiger partial charge in [0.15, 0.2) is 0 Å². The molecule has 0 bridgehead atoms. The zero-order valence-corrected chi connectivity index (χ0v) is 13.4. The zero-order chi connectivity index (χ0) is 16.9. The number of pyridine rings is 1. The van der Waals surface area contributed by atoms with Crippen LogP contribution in [0.25, 0.3) is 0 Å². The van der Waals surface area contributed by atoms with Crippen LogP contribution in [-0.4, -0.2) is 44.4 Å². The molecule has 1 amide bonds. The van der Waals surface area contributed by atoms with Gasteiger partial charge in [0.25, 0.3) is 0 Å². The van der Waals surface area contributed by atoms with Gasteiger partial charge >= 0.3 is 0 Å². The first kappa shape index (κ1) is 15.9. The van der Waals surface area contributed by atoms with Crippen molar-refractivity contribution in [2.45, 2.75) is 0 Å². The molecule has 1 aromatic carbocycles. The molecule has 0 unspecified atom stereocenters. The lowest BCUT2D eigenvalue weighted by Crippen LogP contribution is -2.46. The molecule has 0 atom stereocenters. The predicted octanol–water partition coefficient (Wildman–Crippen LogP) is 1.17. The van der Waals surface area contributed by atoms with Gasteiger partial charge in [-0.25, -0.2) is 4.98 Å². The number of carbonyl (C=O) groups excluding carboxylic acids is 1. The Morgan fingerprint density at radius 1 is 1.08 bits per heavy atom. The molecule has 0 saturated carbocycles. The second-order valence-electron chi connectivity index (χ2n) is 5.49. The summed E-state index contributed by atoms with van der Waals surface area (Å²) in [4.78, 5) is 19.4.